The van der Waals surface area contributed by atoms with Crippen molar-refractivity contribution in [2.24, 2.45) is 0 Å². The minimum absolute atomic E-state index is 0.0305. The zero-order valence-corrected chi connectivity index (χ0v) is 9.98. The van der Waals surface area contributed by atoms with Gasteiger partial charge in [-0.05, 0) is 6.92 Å². The maximum absolute atomic E-state index is 11.7. The average molecular weight is 238 g/mol. The second-order valence-corrected chi connectivity index (χ2v) is 4.01. The molecule has 1 aromatic rings. The summed E-state index contributed by atoms with van der Waals surface area (Å²) in [6, 6.07) is 1.79. The van der Waals surface area contributed by atoms with E-state index in [1.807, 2.05) is 13.1 Å². The lowest BCUT2D eigenvalue weighted by atomic mass is 10.2. The first-order chi connectivity index (χ1) is 8.28. The maximum Gasteiger partial charge on any atom is 0.228 e. The van der Waals surface area contributed by atoms with Gasteiger partial charge in [-0.2, -0.15) is 5.10 Å². The number of anilines is 1. The molecule has 17 heavy (non-hydrogen) atoms. The molecule has 0 aromatic carbocycles. The van der Waals surface area contributed by atoms with E-state index in [4.69, 9.17) is 4.74 Å². The molecule has 6 nitrogen and oxygen atoms in total. The van der Waals surface area contributed by atoms with E-state index in [-0.39, 0.29) is 12.0 Å². The van der Waals surface area contributed by atoms with Gasteiger partial charge in [0.05, 0.1) is 19.1 Å². The standard InChI is InChI=1S/C11H18N4O2/c1-2-15-5-3-10(14-15)13-11(16)7-9-8-12-4-6-17-9/h3,5,9,12H,2,4,6-8H2,1H3,(H,13,14,16). The number of carbonyl (C=O) groups excluding carboxylic acids is 1. The number of aryl methyl sites for hydroxylation is 1. The van der Waals surface area contributed by atoms with Gasteiger partial charge in [0.15, 0.2) is 5.82 Å². The van der Waals surface area contributed by atoms with Gasteiger partial charge >= 0.3 is 0 Å². The van der Waals surface area contributed by atoms with E-state index in [2.05, 4.69) is 15.7 Å². The Hall–Kier alpha value is -1.40. The summed E-state index contributed by atoms with van der Waals surface area (Å²) in [5.74, 6) is 0.542. The average Bonchev–Trinajstić information content (AvgIpc) is 2.78. The quantitative estimate of drug-likeness (QED) is 0.787. The number of nitrogens with zero attached hydrogens (tertiary/aromatic N) is 2. The molecule has 1 aromatic heterocycles. The van der Waals surface area contributed by atoms with Gasteiger partial charge in [-0.3, -0.25) is 9.48 Å². The monoisotopic (exact) mass is 238 g/mol. The van der Waals surface area contributed by atoms with Crippen molar-refractivity contribution < 1.29 is 9.53 Å². The summed E-state index contributed by atoms with van der Waals surface area (Å²) >= 11 is 0. The molecule has 0 aliphatic carbocycles. The highest BCUT2D eigenvalue weighted by Crippen LogP contribution is 2.06. The van der Waals surface area contributed by atoms with Crippen LogP contribution in [0.5, 0.6) is 0 Å². The van der Waals surface area contributed by atoms with E-state index in [9.17, 15) is 4.79 Å². The fourth-order valence-corrected chi connectivity index (χ4v) is 1.76. The van der Waals surface area contributed by atoms with E-state index >= 15 is 0 Å². The van der Waals surface area contributed by atoms with E-state index in [0.29, 0.717) is 18.8 Å². The molecule has 2 rings (SSSR count). The van der Waals surface area contributed by atoms with Crippen LogP contribution in [0.25, 0.3) is 0 Å². The van der Waals surface area contributed by atoms with E-state index < -0.39 is 0 Å². The van der Waals surface area contributed by atoms with Crippen molar-refractivity contribution in [1.82, 2.24) is 15.1 Å². The summed E-state index contributed by atoms with van der Waals surface area (Å²) in [6.45, 7) is 5.06. The molecule has 0 spiro atoms. The van der Waals surface area contributed by atoms with Crippen molar-refractivity contribution in [1.29, 1.82) is 0 Å². The first-order valence-electron chi connectivity index (χ1n) is 5.93. The summed E-state index contributed by atoms with van der Waals surface area (Å²) < 4.78 is 7.24. The number of amides is 1. The Labute approximate surface area is 100 Å². The highest BCUT2D eigenvalue weighted by Gasteiger charge is 2.17. The van der Waals surface area contributed by atoms with E-state index in [0.717, 1.165) is 19.6 Å². The van der Waals surface area contributed by atoms with Crippen molar-refractivity contribution in [2.45, 2.75) is 26.0 Å². The summed E-state index contributed by atoms with van der Waals surface area (Å²) in [7, 11) is 0. The Morgan fingerprint density at radius 2 is 2.65 bits per heavy atom. The number of carbonyl (C=O) groups is 1. The van der Waals surface area contributed by atoms with Crippen LogP contribution >= 0.6 is 0 Å². The molecule has 1 saturated heterocycles. The molecular formula is C11H18N4O2. The number of morpholine rings is 1. The van der Waals surface area contributed by atoms with Crippen LogP contribution in [0.3, 0.4) is 0 Å². The predicted molar refractivity (Wildman–Crippen MR) is 63.8 cm³/mol. The van der Waals surface area contributed by atoms with Crippen LogP contribution in [0.15, 0.2) is 12.3 Å². The number of hydrogen-bond acceptors (Lipinski definition) is 4. The fourth-order valence-electron chi connectivity index (χ4n) is 1.76. The van der Waals surface area contributed by atoms with Crippen LogP contribution in [0.2, 0.25) is 0 Å². The lowest BCUT2D eigenvalue weighted by Gasteiger charge is -2.22. The SMILES string of the molecule is CCn1ccc(NC(=O)CC2CNCCO2)n1. The Balaban J connectivity index is 1.79. The first kappa shape index (κ1) is 12.1. The van der Waals surface area contributed by atoms with Crippen molar-refractivity contribution >= 4 is 11.7 Å². The van der Waals surface area contributed by atoms with E-state index in [1.165, 1.54) is 0 Å². The molecule has 0 radical (unpaired) electrons. The molecule has 2 N–H and O–H groups in total. The Kier molecular flexibility index (Phi) is 4.11. The summed E-state index contributed by atoms with van der Waals surface area (Å²) in [4.78, 5) is 11.7. The first-order valence-corrected chi connectivity index (χ1v) is 5.93. The van der Waals surface area contributed by atoms with Crippen molar-refractivity contribution in [3.63, 3.8) is 0 Å². The van der Waals surface area contributed by atoms with Crippen molar-refractivity contribution in [3.05, 3.63) is 12.3 Å². The normalized spacial score (nSPS) is 20.2. The summed E-state index contributed by atoms with van der Waals surface area (Å²) in [5, 5.41) is 10.1. The second-order valence-electron chi connectivity index (χ2n) is 4.01. The topological polar surface area (TPSA) is 68.2 Å². The lowest BCUT2D eigenvalue weighted by Crippen LogP contribution is -2.40. The molecule has 1 amide bonds. The number of ether oxygens (including phenoxy) is 1. The lowest BCUT2D eigenvalue weighted by molar-refractivity contribution is -0.119. The number of nitrogens with one attached hydrogen (secondary N) is 2. The van der Waals surface area contributed by atoms with Crippen LogP contribution in [0.1, 0.15) is 13.3 Å². The Bertz CT molecular complexity index is 371. The molecule has 1 fully saturated rings. The number of hydrogen-bond donors (Lipinski definition) is 2. The van der Waals surface area contributed by atoms with Gasteiger partial charge in [0.1, 0.15) is 0 Å². The van der Waals surface area contributed by atoms with E-state index in [1.54, 1.807) is 10.7 Å². The highest BCUT2D eigenvalue weighted by molar-refractivity contribution is 5.90. The van der Waals surface area contributed by atoms with Crippen molar-refractivity contribution in [3.8, 4) is 0 Å². The molecule has 6 heteroatoms. The van der Waals surface area contributed by atoms with Gasteiger partial charge < -0.3 is 15.4 Å². The molecular weight excluding hydrogens is 220 g/mol. The molecule has 0 saturated carbocycles. The van der Waals surface area contributed by atoms with Gasteiger partial charge in [-0.25, -0.2) is 0 Å². The van der Waals surface area contributed by atoms with Crippen LogP contribution < -0.4 is 10.6 Å². The Morgan fingerprint density at radius 1 is 1.76 bits per heavy atom. The third kappa shape index (κ3) is 3.54. The molecule has 1 unspecified atom stereocenters. The molecule has 1 aliphatic rings. The summed E-state index contributed by atoms with van der Waals surface area (Å²) in [5.41, 5.74) is 0. The third-order valence-corrected chi connectivity index (χ3v) is 2.65. The third-order valence-electron chi connectivity index (χ3n) is 2.65. The minimum atomic E-state index is -0.0555. The van der Waals surface area contributed by atoms with Gasteiger partial charge in [-0.15, -0.1) is 0 Å². The minimum Gasteiger partial charge on any atom is -0.375 e. The molecule has 1 aliphatic heterocycles. The zero-order chi connectivity index (χ0) is 12.1. The van der Waals surface area contributed by atoms with Crippen LogP contribution in [0.4, 0.5) is 5.82 Å². The smallest absolute Gasteiger partial charge is 0.228 e. The number of rotatable bonds is 4. The predicted octanol–water partition coefficient (Wildman–Crippen LogP) is 0.220. The summed E-state index contributed by atoms with van der Waals surface area (Å²) in [6.07, 6.45) is 2.18. The van der Waals surface area contributed by atoms with Gasteiger partial charge in [-0.1, -0.05) is 0 Å². The van der Waals surface area contributed by atoms with Gasteiger partial charge in [0, 0.05) is 31.9 Å². The van der Waals surface area contributed by atoms with Crippen LogP contribution in [-0.2, 0) is 16.1 Å². The molecule has 94 valence electrons. The van der Waals surface area contributed by atoms with Gasteiger partial charge in [0.25, 0.3) is 0 Å². The van der Waals surface area contributed by atoms with Gasteiger partial charge in [0.2, 0.25) is 5.91 Å². The van der Waals surface area contributed by atoms with Crippen molar-refractivity contribution in [2.75, 3.05) is 25.0 Å². The fraction of sp³-hybridized carbons (Fsp3) is 0.636. The molecule has 2 heterocycles. The zero-order valence-electron chi connectivity index (χ0n) is 9.98. The Morgan fingerprint density at radius 3 is 3.29 bits per heavy atom. The van der Waals surface area contributed by atoms with Crippen LogP contribution in [0, 0.1) is 0 Å². The molecule has 1 atom stereocenters. The number of aromatic nitrogens is 2. The highest BCUT2D eigenvalue weighted by atomic mass is 16.5. The molecule has 0 bridgehead atoms. The second kappa shape index (κ2) is 5.79. The maximum atomic E-state index is 11.7. The largest absolute Gasteiger partial charge is 0.375 e. The van der Waals surface area contributed by atoms with Crippen LogP contribution in [-0.4, -0.2) is 41.5 Å².